The van der Waals surface area contributed by atoms with Gasteiger partial charge in [-0.1, -0.05) is 170 Å². The van der Waals surface area contributed by atoms with Crippen molar-refractivity contribution in [2.45, 2.75) is 0 Å². The molecule has 3 aromatic heterocycles. The van der Waals surface area contributed by atoms with Gasteiger partial charge in [0.2, 0.25) is 0 Å². The summed E-state index contributed by atoms with van der Waals surface area (Å²) in [5.41, 5.74) is 9.74. The molecule has 56 heavy (non-hydrogen) atoms. The van der Waals surface area contributed by atoms with Crippen LogP contribution in [0.25, 0.3) is 108 Å². The summed E-state index contributed by atoms with van der Waals surface area (Å²) in [6.45, 7) is 0. The molecule has 0 radical (unpaired) electrons. The lowest BCUT2D eigenvalue weighted by Crippen LogP contribution is -2.01. The summed E-state index contributed by atoms with van der Waals surface area (Å²) in [7, 11) is 0. The lowest BCUT2D eigenvalue weighted by atomic mass is 9.93. The third-order valence-corrected chi connectivity index (χ3v) is 13.0. The molecular weight excluding hydrogens is 719 g/mol. The molecule has 0 aliphatic carbocycles. The van der Waals surface area contributed by atoms with Crippen LogP contribution in [0, 0.1) is 0 Å². The highest BCUT2D eigenvalue weighted by molar-refractivity contribution is 7.26. The molecule has 0 aliphatic rings. The van der Waals surface area contributed by atoms with Crippen molar-refractivity contribution in [2.75, 3.05) is 0 Å². The number of hydrogen-bond donors (Lipinski definition) is 0. The largest absolute Gasteiger partial charge is 0.208 e. The van der Waals surface area contributed by atoms with E-state index in [2.05, 4.69) is 164 Å². The predicted octanol–water partition coefficient (Wildman–Crippen LogP) is 14.6. The molecule has 3 heterocycles. The maximum absolute atomic E-state index is 5.33. The number of thiophene rings is 2. The highest BCUT2D eigenvalue weighted by Gasteiger charge is 2.20. The van der Waals surface area contributed by atoms with Crippen molar-refractivity contribution < 1.29 is 0 Å². The summed E-state index contributed by atoms with van der Waals surface area (Å²) in [5, 5.41) is 5.09. The van der Waals surface area contributed by atoms with Crippen molar-refractivity contribution in [1.29, 1.82) is 0 Å². The zero-order valence-corrected chi connectivity index (χ0v) is 31.7. The van der Waals surface area contributed by atoms with Crippen LogP contribution < -0.4 is 0 Å². The monoisotopic (exact) mass is 749 g/mol. The highest BCUT2D eigenvalue weighted by Crippen LogP contribution is 2.45. The normalized spacial score (nSPS) is 11.6. The number of fused-ring (bicyclic) bond motifs is 6. The molecule has 5 heteroatoms. The summed E-state index contributed by atoms with van der Waals surface area (Å²) in [6.07, 6.45) is 0. The van der Waals surface area contributed by atoms with Crippen molar-refractivity contribution in [3.05, 3.63) is 188 Å². The molecule has 0 saturated carbocycles. The molecule has 0 aliphatic heterocycles. The highest BCUT2D eigenvalue weighted by atomic mass is 32.1. The number of benzene rings is 8. The smallest absolute Gasteiger partial charge is 0.164 e. The van der Waals surface area contributed by atoms with Crippen LogP contribution in [-0.4, -0.2) is 15.0 Å². The van der Waals surface area contributed by atoms with Gasteiger partial charge in [-0.25, -0.2) is 15.0 Å². The first-order valence-electron chi connectivity index (χ1n) is 18.7. The SMILES string of the molecule is c1ccc(-c2ccc(-c3nc(-c4ccccc4)nc(-c4cc(-c5cccc6c5sc5ccccc56)ccc4-c4cccc5c4sc4ccccc45)n3)cc2)cc1. The molecule has 3 nitrogen and oxygen atoms in total. The first kappa shape index (κ1) is 32.6. The summed E-state index contributed by atoms with van der Waals surface area (Å²) in [6, 6.07) is 66.7. The summed E-state index contributed by atoms with van der Waals surface area (Å²) >= 11 is 3.69. The van der Waals surface area contributed by atoms with Gasteiger partial charge in [0.1, 0.15) is 0 Å². The van der Waals surface area contributed by atoms with Crippen molar-refractivity contribution in [3.63, 3.8) is 0 Å². The minimum Gasteiger partial charge on any atom is -0.208 e. The van der Waals surface area contributed by atoms with E-state index in [-0.39, 0.29) is 0 Å². The summed E-state index contributed by atoms with van der Waals surface area (Å²) in [4.78, 5) is 15.7. The Morgan fingerprint density at radius 1 is 0.268 bits per heavy atom. The first-order chi connectivity index (χ1) is 27.7. The first-order valence-corrected chi connectivity index (χ1v) is 20.3. The van der Waals surface area contributed by atoms with E-state index < -0.39 is 0 Å². The molecule has 262 valence electrons. The molecule has 0 amide bonds. The van der Waals surface area contributed by atoms with E-state index in [0.717, 1.165) is 33.4 Å². The van der Waals surface area contributed by atoms with Crippen molar-refractivity contribution in [3.8, 4) is 67.5 Å². The van der Waals surface area contributed by atoms with Gasteiger partial charge in [-0.3, -0.25) is 0 Å². The average Bonchev–Trinajstić information content (AvgIpc) is 3.86. The fourth-order valence-corrected chi connectivity index (χ4v) is 10.3. The van der Waals surface area contributed by atoms with E-state index in [9.17, 15) is 0 Å². The second kappa shape index (κ2) is 13.5. The van der Waals surface area contributed by atoms with Gasteiger partial charge in [-0.15, -0.1) is 22.7 Å². The van der Waals surface area contributed by atoms with Gasteiger partial charge in [0.25, 0.3) is 0 Å². The van der Waals surface area contributed by atoms with Crippen LogP contribution >= 0.6 is 22.7 Å². The zero-order chi connectivity index (χ0) is 37.0. The maximum atomic E-state index is 5.33. The molecule has 11 aromatic rings. The van der Waals surface area contributed by atoms with Gasteiger partial charge in [-0.2, -0.15) is 0 Å². The minimum absolute atomic E-state index is 0.636. The van der Waals surface area contributed by atoms with Crippen LogP contribution in [0.4, 0.5) is 0 Å². The summed E-state index contributed by atoms with van der Waals surface area (Å²) in [5.74, 6) is 1.91. The second-order valence-electron chi connectivity index (χ2n) is 13.9. The van der Waals surface area contributed by atoms with Crippen LogP contribution in [0.3, 0.4) is 0 Å². The van der Waals surface area contributed by atoms with Gasteiger partial charge in [0.15, 0.2) is 17.5 Å². The fourth-order valence-electron chi connectivity index (χ4n) is 7.85. The predicted molar refractivity (Wildman–Crippen MR) is 238 cm³/mol. The van der Waals surface area contributed by atoms with Crippen LogP contribution in [0.15, 0.2) is 188 Å². The van der Waals surface area contributed by atoms with Gasteiger partial charge < -0.3 is 0 Å². The molecule has 0 fully saturated rings. The number of nitrogens with zero attached hydrogens (tertiary/aromatic N) is 3. The number of aromatic nitrogens is 3. The Morgan fingerprint density at radius 2 is 0.714 bits per heavy atom. The van der Waals surface area contributed by atoms with Crippen molar-refractivity contribution >= 4 is 63.0 Å². The van der Waals surface area contributed by atoms with Crippen LogP contribution in [-0.2, 0) is 0 Å². The van der Waals surface area contributed by atoms with Crippen molar-refractivity contribution in [2.24, 2.45) is 0 Å². The number of rotatable bonds is 6. The summed E-state index contributed by atoms with van der Waals surface area (Å²) < 4.78 is 5.09. The lowest BCUT2D eigenvalue weighted by molar-refractivity contribution is 1.07. The Balaban J connectivity index is 1.16. The van der Waals surface area contributed by atoms with Crippen molar-refractivity contribution in [1.82, 2.24) is 15.0 Å². The van der Waals surface area contributed by atoms with E-state index in [1.807, 2.05) is 46.9 Å². The topological polar surface area (TPSA) is 38.7 Å². The van der Waals surface area contributed by atoms with E-state index >= 15 is 0 Å². The molecule has 0 N–H and O–H groups in total. The molecule has 0 bridgehead atoms. The Morgan fingerprint density at radius 3 is 1.36 bits per heavy atom. The Bertz CT molecular complexity index is 3240. The second-order valence-corrected chi connectivity index (χ2v) is 16.0. The van der Waals surface area contributed by atoms with Gasteiger partial charge >= 0.3 is 0 Å². The van der Waals surface area contributed by atoms with E-state index in [1.54, 1.807) is 0 Å². The van der Waals surface area contributed by atoms with E-state index in [1.165, 1.54) is 57.0 Å². The van der Waals surface area contributed by atoms with Crippen LogP contribution in [0.2, 0.25) is 0 Å². The van der Waals surface area contributed by atoms with Gasteiger partial charge in [0, 0.05) is 62.6 Å². The van der Waals surface area contributed by atoms with Gasteiger partial charge in [-0.05, 0) is 46.0 Å². The minimum atomic E-state index is 0.636. The van der Waals surface area contributed by atoms with E-state index in [0.29, 0.717) is 17.5 Å². The zero-order valence-electron chi connectivity index (χ0n) is 30.1. The molecule has 0 atom stereocenters. The molecule has 11 rings (SSSR count). The molecule has 0 saturated heterocycles. The van der Waals surface area contributed by atoms with Crippen LogP contribution in [0.5, 0.6) is 0 Å². The van der Waals surface area contributed by atoms with Gasteiger partial charge in [0.05, 0.1) is 0 Å². The third kappa shape index (κ3) is 5.60. The molecule has 0 unspecified atom stereocenters. The lowest BCUT2D eigenvalue weighted by Gasteiger charge is -2.15. The van der Waals surface area contributed by atoms with Crippen LogP contribution in [0.1, 0.15) is 0 Å². The maximum Gasteiger partial charge on any atom is 0.164 e. The fraction of sp³-hybridized carbons (Fsp3) is 0. The van der Waals surface area contributed by atoms with E-state index in [4.69, 9.17) is 15.0 Å². The molecule has 8 aromatic carbocycles. The average molecular weight is 750 g/mol. The quantitative estimate of drug-likeness (QED) is 0.170. The molecular formula is C51H31N3S2. The Kier molecular flexibility index (Phi) is 7.87. The Labute approximate surface area is 331 Å². The third-order valence-electron chi connectivity index (χ3n) is 10.6. The molecule has 0 spiro atoms. The standard InChI is InChI=1S/C51H31N3S2/c1-3-13-32(14-4-1)33-25-27-35(28-26-33)50-52-49(34-15-5-2-6-16-34)53-51(54-50)44-31-36(37-19-11-21-42-39-17-7-9-23-45(39)55-47(37)42)29-30-38(44)41-20-12-22-43-40-18-8-10-24-46(40)56-48(41)43/h1-31H. The number of hydrogen-bond acceptors (Lipinski definition) is 5. The Hall–Kier alpha value is -6.79.